The molecule has 0 saturated heterocycles. The Hall–Kier alpha value is -2.88. The zero-order valence-corrected chi connectivity index (χ0v) is 17.2. The van der Waals surface area contributed by atoms with Crippen molar-refractivity contribution in [3.63, 3.8) is 0 Å². The van der Waals surface area contributed by atoms with Crippen LogP contribution in [-0.4, -0.2) is 21.9 Å². The zero-order chi connectivity index (χ0) is 20.6. The molecule has 0 saturated carbocycles. The first-order valence-corrected chi connectivity index (χ1v) is 10.3. The highest BCUT2D eigenvalue weighted by molar-refractivity contribution is 5.83. The van der Waals surface area contributed by atoms with E-state index in [9.17, 15) is 9.18 Å². The Morgan fingerprint density at radius 1 is 1.03 bits per heavy atom. The van der Waals surface area contributed by atoms with Crippen molar-refractivity contribution in [1.82, 2.24) is 9.47 Å². The number of carbonyl (C=O) groups is 1. The number of halogens is 1. The molecule has 0 fully saturated rings. The Bertz CT molecular complexity index is 919. The molecule has 1 atom stereocenters. The number of amides is 1. The van der Waals surface area contributed by atoms with Gasteiger partial charge in [0, 0.05) is 25.0 Å². The summed E-state index contributed by atoms with van der Waals surface area (Å²) in [5.74, 6) is -0.193. The fourth-order valence-corrected chi connectivity index (χ4v) is 3.77. The average molecular weight is 393 g/mol. The van der Waals surface area contributed by atoms with Crippen LogP contribution in [0.3, 0.4) is 0 Å². The third-order valence-corrected chi connectivity index (χ3v) is 5.23. The van der Waals surface area contributed by atoms with Gasteiger partial charge in [-0.3, -0.25) is 4.79 Å². The van der Waals surface area contributed by atoms with Crippen LogP contribution < -0.4 is 0 Å². The van der Waals surface area contributed by atoms with E-state index in [-0.39, 0.29) is 17.6 Å². The molecule has 1 aromatic heterocycles. The zero-order valence-electron chi connectivity index (χ0n) is 17.2. The maximum absolute atomic E-state index is 13.5. The van der Waals surface area contributed by atoms with Crippen molar-refractivity contribution in [2.75, 3.05) is 6.54 Å². The van der Waals surface area contributed by atoms with E-state index in [0.29, 0.717) is 19.6 Å². The first-order valence-electron chi connectivity index (χ1n) is 10.3. The SMILES string of the molecule is CCCN(Cc1cccn1Cc1cccc(F)c1)C(=O)C(CC)c1ccccc1. The van der Waals surface area contributed by atoms with E-state index in [4.69, 9.17) is 0 Å². The lowest BCUT2D eigenvalue weighted by molar-refractivity contribution is -0.133. The fraction of sp³-hybridized carbons (Fsp3) is 0.320. The molecule has 1 unspecified atom stereocenters. The summed E-state index contributed by atoms with van der Waals surface area (Å²) in [5.41, 5.74) is 3.03. The maximum atomic E-state index is 13.5. The second-order valence-corrected chi connectivity index (χ2v) is 7.39. The quantitative estimate of drug-likeness (QED) is 0.465. The number of hydrogen-bond donors (Lipinski definition) is 0. The molecule has 3 aromatic rings. The highest BCUT2D eigenvalue weighted by atomic mass is 19.1. The predicted molar refractivity (Wildman–Crippen MR) is 115 cm³/mol. The standard InChI is InChI=1S/C25H29FN2O/c1-3-15-28(25(29)24(4-2)21-11-6-5-7-12-21)19-23-14-9-16-27(23)18-20-10-8-13-22(26)17-20/h5-14,16-17,24H,3-4,15,18-19H2,1-2H3. The molecule has 3 rings (SSSR count). The monoisotopic (exact) mass is 392 g/mol. The molecule has 2 aromatic carbocycles. The molecule has 0 aliphatic rings. The molecule has 0 aliphatic heterocycles. The largest absolute Gasteiger partial charge is 0.345 e. The van der Waals surface area contributed by atoms with Gasteiger partial charge in [-0.05, 0) is 48.2 Å². The minimum absolute atomic E-state index is 0.130. The van der Waals surface area contributed by atoms with Gasteiger partial charge >= 0.3 is 0 Å². The molecule has 0 aliphatic carbocycles. The average Bonchev–Trinajstić information content (AvgIpc) is 3.15. The van der Waals surface area contributed by atoms with Crippen LogP contribution in [0.2, 0.25) is 0 Å². The van der Waals surface area contributed by atoms with Crippen molar-refractivity contribution in [1.29, 1.82) is 0 Å². The maximum Gasteiger partial charge on any atom is 0.230 e. The van der Waals surface area contributed by atoms with Crippen LogP contribution in [0.1, 0.15) is 49.4 Å². The van der Waals surface area contributed by atoms with Crippen LogP contribution in [0.15, 0.2) is 72.9 Å². The lowest BCUT2D eigenvalue weighted by Crippen LogP contribution is -2.36. The molecule has 29 heavy (non-hydrogen) atoms. The minimum atomic E-state index is -0.229. The summed E-state index contributed by atoms with van der Waals surface area (Å²) in [7, 11) is 0. The van der Waals surface area contributed by atoms with Gasteiger partial charge < -0.3 is 9.47 Å². The normalized spacial score (nSPS) is 12.0. The molecule has 1 amide bonds. The molecule has 1 heterocycles. The lowest BCUT2D eigenvalue weighted by Gasteiger charge is -2.27. The summed E-state index contributed by atoms with van der Waals surface area (Å²) in [6, 6.07) is 20.7. The number of hydrogen-bond acceptors (Lipinski definition) is 1. The third-order valence-electron chi connectivity index (χ3n) is 5.23. The second-order valence-electron chi connectivity index (χ2n) is 7.39. The van der Waals surface area contributed by atoms with Gasteiger partial charge in [0.1, 0.15) is 5.82 Å². The van der Waals surface area contributed by atoms with Crippen LogP contribution >= 0.6 is 0 Å². The Morgan fingerprint density at radius 3 is 2.52 bits per heavy atom. The molecular weight excluding hydrogens is 363 g/mol. The topological polar surface area (TPSA) is 25.2 Å². The van der Waals surface area contributed by atoms with Crippen molar-refractivity contribution in [3.8, 4) is 0 Å². The first-order chi connectivity index (χ1) is 14.1. The van der Waals surface area contributed by atoms with Gasteiger partial charge in [-0.2, -0.15) is 0 Å². The summed E-state index contributed by atoms with van der Waals surface area (Å²) < 4.78 is 15.6. The van der Waals surface area contributed by atoms with E-state index in [2.05, 4.69) is 18.4 Å². The van der Waals surface area contributed by atoms with E-state index in [1.54, 1.807) is 12.1 Å². The summed E-state index contributed by atoms with van der Waals surface area (Å²) in [5, 5.41) is 0. The van der Waals surface area contributed by atoms with Crippen molar-refractivity contribution in [2.45, 2.75) is 45.7 Å². The van der Waals surface area contributed by atoms with Gasteiger partial charge in [-0.15, -0.1) is 0 Å². The molecule has 152 valence electrons. The minimum Gasteiger partial charge on any atom is -0.345 e. The Morgan fingerprint density at radius 2 is 1.83 bits per heavy atom. The smallest absolute Gasteiger partial charge is 0.230 e. The van der Waals surface area contributed by atoms with Crippen LogP contribution in [0, 0.1) is 5.82 Å². The fourth-order valence-electron chi connectivity index (χ4n) is 3.77. The predicted octanol–water partition coefficient (Wildman–Crippen LogP) is 5.61. The summed E-state index contributed by atoms with van der Waals surface area (Å²) >= 11 is 0. The van der Waals surface area contributed by atoms with Crippen LogP contribution in [0.25, 0.3) is 0 Å². The molecule has 4 heteroatoms. The number of rotatable bonds is 9. The van der Waals surface area contributed by atoms with E-state index in [0.717, 1.165) is 29.7 Å². The van der Waals surface area contributed by atoms with Crippen molar-refractivity contribution in [3.05, 3.63) is 95.6 Å². The highest BCUT2D eigenvalue weighted by Crippen LogP contribution is 2.23. The van der Waals surface area contributed by atoms with Gasteiger partial charge in [0.2, 0.25) is 5.91 Å². The van der Waals surface area contributed by atoms with E-state index in [1.807, 2.05) is 59.6 Å². The van der Waals surface area contributed by atoms with Crippen LogP contribution in [0.4, 0.5) is 4.39 Å². The van der Waals surface area contributed by atoms with Crippen LogP contribution in [0.5, 0.6) is 0 Å². The van der Waals surface area contributed by atoms with Crippen molar-refractivity contribution in [2.24, 2.45) is 0 Å². The number of nitrogens with zero attached hydrogens (tertiary/aromatic N) is 2. The van der Waals surface area contributed by atoms with E-state index in [1.165, 1.54) is 6.07 Å². The highest BCUT2D eigenvalue weighted by Gasteiger charge is 2.24. The molecule has 0 bridgehead atoms. The first kappa shape index (κ1) is 20.8. The van der Waals surface area contributed by atoms with E-state index >= 15 is 0 Å². The summed E-state index contributed by atoms with van der Waals surface area (Å²) in [6.45, 7) is 6.01. The molecular formula is C25H29FN2O. The van der Waals surface area contributed by atoms with Crippen LogP contribution in [-0.2, 0) is 17.9 Å². The Labute approximate surface area is 172 Å². The second kappa shape index (κ2) is 10.1. The molecule has 0 spiro atoms. The van der Waals surface area contributed by atoms with Gasteiger partial charge in [0.25, 0.3) is 0 Å². The van der Waals surface area contributed by atoms with E-state index < -0.39 is 0 Å². The number of aromatic nitrogens is 1. The van der Waals surface area contributed by atoms with Gasteiger partial charge in [-0.25, -0.2) is 4.39 Å². The number of benzene rings is 2. The summed E-state index contributed by atoms with van der Waals surface area (Å²) in [4.78, 5) is 15.3. The van der Waals surface area contributed by atoms with Crippen molar-refractivity contribution >= 4 is 5.91 Å². The van der Waals surface area contributed by atoms with Crippen molar-refractivity contribution < 1.29 is 9.18 Å². The van der Waals surface area contributed by atoms with Gasteiger partial charge in [0.15, 0.2) is 0 Å². The van der Waals surface area contributed by atoms with Gasteiger partial charge in [-0.1, -0.05) is 56.3 Å². The molecule has 3 nitrogen and oxygen atoms in total. The Balaban J connectivity index is 1.79. The van der Waals surface area contributed by atoms with Gasteiger partial charge in [0.05, 0.1) is 12.5 Å². The summed E-state index contributed by atoms with van der Waals surface area (Å²) in [6.07, 6.45) is 3.66. The Kier molecular flexibility index (Phi) is 7.23. The molecule has 0 radical (unpaired) electrons. The molecule has 0 N–H and O–H groups in total. The number of carbonyl (C=O) groups excluding carboxylic acids is 1. The third kappa shape index (κ3) is 5.35. The lowest BCUT2D eigenvalue weighted by atomic mass is 9.95.